The maximum atomic E-state index is 4.62. The van der Waals surface area contributed by atoms with Crippen molar-refractivity contribution in [3.05, 3.63) is 23.3 Å². The Morgan fingerprint density at radius 1 is 1.07 bits per heavy atom. The standard InChI is InChI=1S/C13H19NS/c1-8(2)10-5-6-11(9(3)4)13-12(10)14-7-15-13/h5-9,12-13H,1-4H3. The van der Waals surface area contributed by atoms with Crippen LogP contribution in [0.3, 0.4) is 0 Å². The topological polar surface area (TPSA) is 12.4 Å². The van der Waals surface area contributed by atoms with E-state index in [1.807, 2.05) is 17.3 Å². The van der Waals surface area contributed by atoms with E-state index in [-0.39, 0.29) is 0 Å². The van der Waals surface area contributed by atoms with E-state index < -0.39 is 0 Å². The van der Waals surface area contributed by atoms with Crippen LogP contribution in [0.25, 0.3) is 0 Å². The zero-order chi connectivity index (χ0) is 11.0. The number of rotatable bonds is 2. The third-order valence-electron chi connectivity index (χ3n) is 3.19. The molecule has 0 fully saturated rings. The van der Waals surface area contributed by atoms with Gasteiger partial charge in [-0.3, -0.25) is 4.99 Å². The van der Waals surface area contributed by atoms with E-state index in [2.05, 4.69) is 44.8 Å². The summed E-state index contributed by atoms with van der Waals surface area (Å²) in [6, 6.07) is 0.414. The molecule has 2 rings (SSSR count). The summed E-state index contributed by atoms with van der Waals surface area (Å²) in [4.78, 5) is 4.62. The molecule has 2 heteroatoms. The van der Waals surface area contributed by atoms with Crippen LogP contribution in [0.5, 0.6) is 0 Å². The van der Waals surface area contributed by atoms with Crippen molar-refractivity contribution in [1.82, 2.24) is 0 Å². The number of nitrogens with zero attached hydrogens (tertiary/aromatic N) is 1. The molecular formula is C13H19NS. The van der Waals surface area contributed by atoms with Gasteiger partial charge in [0.05, 0.1) is 16.8 Å². The van der Waals surface area contributed by atoms with E-state index in [1.54, 1.807) is 5.57 Å². The van der Waals surface area contributed by atoms with Crippen LogP contribution in [0.2, 0.25) is 0 Å². The maximum Gasteiger partial charge on any atom is 0.0881 e. The van der Waals surface area contributed by atoms with Crippen molar-refractivity contribution in [2.24, 2.45) is 16.8 Å². The SMILES string of the molecule is CC(C)C1=CC=C(C(C)C)C2SC=NC12. The van der Waals surface area contributed by atoms with Crippen molar-refractivity contribution in [3.8, 4) is 0 Å². The molecule has 1 heterocycles. The zero-order valence-corrected chi connectivity index (χ0v) is 10.7. The van der Waals surface area contributed by atoms with Gasteiger partial charge in [-0.25, -0.2) is 0 Å². The third-order valence-corrected chi connectivity index (χ3v) is 4.25. The molecule has 0 saturated carbocycles. The molecule has 2 unspecified atom stereocenters. The first kappa shape index (κ1) is 11.0. The molecular weight excluding hydrogens is 202 g/mol. The quantitative estimate of drug-likeness (QED) is 0.693. The van der Waals surface area contributed by atoms with E-state index in [0.29, 0.717) is 23.1 Å². The predicted molar refractivity (Wildman–Crippen MR) is 69.5 cm³/mol. The molecule has 0 spiro atoms. The summed E-state index contributed by atoms with van der Waals surface area (Å²) >= 11 is 1.88. The summed E-state index contributed by atoms with van der Waals surface area (Å²) in [5.41, 5.74) is 5.07. The van der Waals surface area contributed by atoms with Gasteiger partial charge in [0.25, 0.3) is 0 Å². The lowest BCUT2D eigenvalue weighted by Crippen LogP contribution is -2.29. The number of hydrogen-bond donors (Lipinski definition) is 0. The molecule has 0 amide bonds. The minimum absolute atomic E-state index is 0.414. The molecule has 1 nitrogen and oxygen atoms in total. The number of aliphatic imine (C=N–C) groups is 1. The van der Waals surface area contributed by atoms with Gasteiger partial charge in [-0.2, -0.15) is 0 Å². The van der Waals surface area contributed by atoms with Crippen molar-refractivity contribution in [2.45, 2.75) is 39.0 Å². The maximum absolute atomic E-state index is 4.62. The van der Waals surface area contributed by atoms with Gasteiger partial charge in [-0.1, -0.05) is 45.4 Å². The highest BCUT2D eigenvalue weighted by Gasteiger charge is 2.35. The molecule has 0 aromatic heterocycles. The Hall–Kier alpha value is -0.500. The Morgan fingerprint density at radius 3 is 2.27 bits per heavy atom. The van der Waals surface area contributed by atoms with Gasteiger partial charge in [0.1, 0.15) is 0 Å². The Bertz CT molecular complexity index is 336. The molecule has 1 aliphatic carbocycles. The molecule has 1 aliphatic heterocycles. The van der Waals surface area contributed by atoms with Crippen molar-refractivity contribution < 1.29 is 0 Å². The van der Waals surface area contributed by atoms with Gasteiger partial charge in [-0.05, 0) is 17.4 Å². The average Bonchev–Trinajstić information content (AvgIpc) is 2.63. The van der Waals surface area contributed by atoms with Crippen LogP contribution in [0, 0.1) is 11.8 Å². The van der Waals surface area contributed by atoms with Gasteiger partial charge in [-0.15, -0.1) is 11.8 Å². The molecule has 82 valence electrons. The van der Waals surface area contributed by atoms with Crippen molar-refractivity contribution >= 4 is 17.3 Å². The average molecular weight is 221 g/mol. The number of thioether (sulfide) groups is 1. The summed E-state index contributed by atoms with van der Waals surface area (Å²) in [6.07, 6.45) is 4.62. The van der Waals surface area contributed by atoms with E-state index in [9.17, 15) is 0 Å². The first-order valence-electron chi connectivity index (χ1n) is 5.70. The van der Waals surface area contributed by atoms with E-state index in [4.69, 9.17) is 0 Å². The van der Waals surface area contributed by atoms with Crippen LogP contribution in [-0.2, 0) is 0 Å². The van der Waals surface area contributed by atoms with Crippen LogP contribution in [0.1, 0.15) is 27.7 Å². The van der Waals surface area contributed by atoms with Crippen LogP contribution < -0.4 is 0 Å². The number of hydrogen-bond acceptors (Lipinski definition) is 2. The molecule has 0 aromatic carbocycles. The first-order valence-corrected chi connectivity index (χ1v) is 6.64. The molecule has 0 radical (unpaired) electrons. The Balaban J connectivity index is 2.33. The highest BCUT2D eigenvalue weighted by molar-refractivity contribution is 8.13. The minimum atomic E-state index is 0.414. The molecule has 15 heavy (non-hydrogen) atoms. The lowest BCUT2D eigenvalue weighted by Gasteiger charge is -2.30. The molecule has 0 aromatic rings. The monoisotopic (exact) mass is 221 g/mol. The molecule has 2 aliphatic rings. The summed E-state index contributed by atoms with van der Waals surface area (Å²) in [5, 5.41) is 0.576. The summed E-state index contributed by atoms with van der Waals surface area (Å²) < 4.78 is 0. The van der Waals surface area contributed by atoms with Crippen molar-refractivity contribution in [2.75, 3.05) is 0 Å². The third kappa shape index (κ3) is 1.92. The number of fused-ring (bicyclic) bond motifs is 1. The smallest absolute Gasteiger partial charge is 0.0881 e. The lowest BCUT2D eigenvalue weighted by atomic mass is 9.83. The minimum Gasteiger partial charge on any atom is -0.277 e. The van der Waals surface area contributed by atoms with E-state index >= 15 is 0 Å². The largest absolute Gasteiger partial charge is 0.277 e. The Morgan fingerprint density at radius 2 is 1.67 bits per heavy atom. The fourth-order valence-electron chi connectivity index (χ4n) is 2.28. The van der Waals surface area contributed by atoms with Gasteiger partial charge in [0, 0.05) is 0 Å². The fraction of sp³-hybridized carbons (Fsp3) is 0.615. The van der Waals surface area contributed by atoms with Crippen molar-refractivity contribution in [1.29, 1.82) is 0 Å². The predicted octanol–water partition coefficient (Wildman–Crippen LogP) is 3.68. The summed E-state index contributed by atoms with van der Waals surface area (Å²) in [7, 11) is 0. The zero-order valence-electron chi connectivity index (χ0n) is 9.90. The van der Waals surface area contributed by atoms with Crippen LogP contribution >= 0.6 is 11.8 Å². The Labute approximate surface area is 96.7 Å². The van der Waals surface area contributed by atoms with Gasteiger partial charge in [0.15, 0.2) is 0 Å². The molecule has 0 bridgehead atoms. The van der Waals surface area contributed by atoms with Gasteiger partial charge in [0.2, 0.25) is 0 Å². The first-order chi connectivity index (χ1) is 7.11. The highest BCUT2D eigenvalue weighted by atomic mass is 32.2. The van der Waals surface area contributed by atoms with Crippen molar-refractivity contribution in [3.63, 3.8) is 0 Å². The Kier molecular flexibility index (Phi) is 3.06. The lowest BCUT2D eigenvalue weighted by molar-refractivity contribution is 0.610. The van der Waals surface area contributed by atoms with E-state index in [1.165, 1.54) is 5.57 Å². The summed E-state index contributed by atoms with van der Waals surface area (Å²) in [5.74, 6) is 1.25. The second-order valence-corrected chi connectivity index (χ2v) is 5.89. The van der Waals surface area contributed by atoms with Crippen LogP contribution in [0.4, 0.5) is 0 Å². The molecule has 0 saturated heterocycles. The van der Waals surface area contributed by atoms with Crippen LogP contribution in [0.15, 0.2) is 28.3 Å². The second kappa shape index (κ2) is 4.17. The van der Waals surface area contributed by atoms with E-state index in [0.717, 1.165) is 0 Å². The normalized spacial score (nSPS) is 29.5. The van der Waals surface area contributed by atoms with Crippen LogP contribution in [-0.4, -0.2) is 16.8 Å². The summed E-state index contributed by atoms with van der Waals surface area (Å²) in [6.45, 7) is 9.07. The van der Waals surface area contributed by atoms with Gasteiger partial charge < -0.3 is 0 Å². The second-order valence-electron chi connectivity index (χ2n) is 4.90. The molecule has 2 atom stereocenters. The number of allylic oxidation sites excluding steroid dienone is 2. The molecule has 0 N–H and O–H groups in total. The highest BCUT2D eigenvalue weighted by Crippen LogP contribution is 2.40. The fourth-order valence-corrected chi connectivity index (χ4v) is 3.50. The van der Waals surface area contributed by atoms with Gasteiger partial charge >= 0.3 is 0 Å².